The summed E-state index contributed by atoms with van der Waals surface area (Å²) in [6, 6.07) is 3.73. The maximum atomic E-state index is 13.1. The molecule has 0 radical (unpaired) electrons. The van der Waals surface area contributed by atoms with E-state index in [1.165, 1.54) is 0 Å². The van der Waals surface area contributed by atoms with Crippen LogP contribution in [0.1, 0.15) is 52.8 Å². The summed E-state index contributed by atoms with van der Waals surface area (Å²) in [7, 11) is 0. The number of urea groups is 1. The summed E-state index contributed by atoms with van der Waals surface area (Å²) in [5.41, 5.74) is 6.66. The van der Waals surface area contributed by atoms with Gasteiger partial charge in [-0.15, -0.1) is 0 Å². The van der Waals surface area contributed by atoms with Gasteiger partial charge in [0.05, 0.1) is 11.1 Å². The van der Waals surface area contributed by atoms with Gasteiger partial charge in [0.1, 0.15) is 6.04 Å². The molecule has 1 unspecified atom stereocenters. The van der Waals surface area contributed by atoms with E-state index >= 15 is 0 Å². The standard InChI is InChI=1S/C22H25N5O5/c23-21(32)26-10-22(11-26)8-12(9-22)6-7-24-14-3-1-2-13-17(14)20(31)27(19(13)30)15-4-5-16(28)25-18(15)29/h1-3,12,15,24H,4-11H2,(H2,23,32)(H,25,28,29). The zero-order valence-electron chi connectivity index (χ0n) is 17.6. The van der Waals surface area contributed by atoms with Crippen molar-refractivity contribution in [2.45, 2.75) is 38.1 Å². The van der Waals surface area contributed by atoms with Crippen molar-refractivity contribution in [3.05, 3.63) is 29.3 Å². The number of nitrogens with one attached hydrogen (secondary N) is 2. The second-order valence-corrected chi connectivity index (χ2v) is 9.36. The van der Waals surface area contributed by atoms with Crippen LogP contribution in [0.4, 0.5) is 10.5 Å². The van der Waals surface area contributed by atoms with Gasteiger partial charge in [0.15, 0.2) is 0 Å². The van der Waals surface area contributed by atoms with Crippen LogP contribution in [-0.2, 0) is 9.59 Å². The number of rotatable bonds is 5. The molecule has 3 heterocycles. The molecule has 1 spiro atoms. The number of anilines is 1. The number of nitrogens with two attached hydrogens (primary N) is 1. The van der Waals surface area contributed by atoms with Crippen LogP contribution in [0.25, 0.3) is 0 Å². The molecule has 1 aromatic carbocycles. The van der Waals surface area contributed by atoms with Gasteiger partial charge in [-0.2, -0.15) is 0 Å². The molecule has 168 valence electrons. The molecule has 1 aliphatic carbocycles. The van der Waals surface area contributed by atoms with Crippen molar-refractivity contribution in [1.29, 1.82) is 0 Å². The molecule has 3 aliphatic heterocycles. The first-order chi connectivity index (χ1) is 15.3. The summed E-state index contributed by atoms with van der Waals surface area (Å²) < 4.78 is 0. The lowest BCUT2D eigenvalue weighted by Crippen LogP contribution is -2.64. The van der Waals surface area contributed by atoms with Gasteiger partial charge in [-0.25, -0.2) is 4.79 Å². The van der Waals surface area contributed by atoms with Crippen molar-refractivity contribution < 1.29 is 24.0 Å². The minimum atomic E-state index is -0.971. The lowest BCUT2D eigenvalue weighted by atomic mass is 9.57. The first kappa shape index (κ1) is 20.5. The number of benzene rings is 1. The van der Waals surface area contributed by atoms with Crippen molar-refractivity contribution in [1.82, 2.24) is 15.1 Å². The molecule has 10 heteroatoms. The van der Waals surface area contributed by atoms with Crippen LogP contribution in [0, 0.1) is 11.3 Å². The fourth-order valence-corrected chi connectivity index (χ4v) is 5.62. The van der Waals surface area contributed by atoms with Crippen LogP contribution in [0.5, 0.6) is 0 Å². The molecule has 0 bridgehead atoms. The van der Waals surface area contributed by atoms with Gasteiger partial charge in [-0.1, -0.05) is 6.07 Å². The van der Waals surface area contributed by atoms with E-state index in [-0.39, 0.29) is 35.4 Å². The largest absolute Gasteiger partial charge is 0.384 e. The Kier molecular flexibility index (Phi) is 4.68. The Morgan fingerprint density at radius 2 is 1.91 bits per heavy atom. The Morgan fingerprint density at radius 1 is 1.16 bits per heavy atom. The maximum absolute atomic E-state index is 13.1. The van der Waals surface area contributed by atoms with Crippen molar-refractivity contribution in [2.75, 3.05) is 25.0 Å². The van der Waals surface area contributed by atoms with Crippen molar-refractivity contribution in [3.63, 3.8) is 0 Å². The van der Waals surface area contributed by atoms with E-state index in [9.17, 15) is 24.0 Å². The third kappa shape index (κ3) is 3.21. The molecule has 5 rings (SSSR count). The second kappa shape index (κ2) is 7.32. The van der Waals surface area contributed by atoms with E-state index in [1.807, 2.05) is 0 Å². The highest BCUT2D eigenvalue weighted by atomic mass is 16.2. The SMILES string of the molecule is NC(=O)N1CC2(CC(CCNc3cccc4c3C(=O)N(C3CCC(=O)NC3=O)C4=O)C2)C1. The fraction of sp³-hybridized carbons (Fsp3) is 0.500. The number of primary amides is 1. The van der Waals surface area contributed by atoms with E-state index in [1.54, 1.807) is 23.1 Å². The van der Waals surface area contributed by atoms with Crippen molar-refractivity contribution in [3.8, 4) is 0 Å². The molecular formula is C22H25N5O5. The summed E-state index contributed by atoms with van der Waals surface area (Å²) in [4.78, 5) is 63.4. The van der Waals surface area contributed by atoms with Gasteiger partial charge in [0.25, 0.3) is 11.8 Å². The average molecular weight is 439 g/mol. The van der Waals surface area contributed by atoms with Crippen LogP contribution < -0.4 is 16.4 Å². The third-order valence-corrected chi connectivity index (χ3v) is 7.14. The second-order valence-electron chi connectivity index (χ2n) is 9.36. The number of hydrogen-bond acceptors (Lipinski definition) is 6. The van der Waals surface area contributed by atoms with Gasteiger partial charge in [-0.05, 0) is 43.7 Å². The molecule has 1 saturated carbocycles. The number of imide groups is 2. The Labute approximate surface area is 184 Å². The quantitative estimate of drug-likeness (QED) is 0.576. The molecule has 4 N–H and O–H groups in total. The number of nitrogens with zero attached hydrogens (tertiary/aromatic N) is 2. The summed E-state index contributed by atoms with van der Waals surface area (Å²) in [5, 5.41) is 5.49. The zero-order chi connectivity index (χ0) is 22.6. The normalized spacial score (nSPS) is 24.2. The Morgan fingerprint density at radius 3 is 2.59 bits per heavy atom. The number of hydrogen-bond donors (Lipinski definition) is 3. The van der Waals surface area contributed by atoms with Crippen LogP contribution in [0.3, 0.4) is 0 Å². The summed E-state index contributed by atoms with van der Waals surface area (Å²) in [6.07, 6.45) is 3.27. The lowest BCUT2D eigenvalue weighted by molar-refractivity contribution is -0.136. The summed E-state index contributed by atoms with van der Waals surface area (Å²) in [5.74, 6) is -1.48. The fourth-order valence-electron chi connectivity index (χ4n) is 5.62. The molecule has 1 atom stereocenters. The first-order valence-electron chi connectivity index (χ1n) is 10.9. The predicted octanol–water partition coefficient (Wildman–Crippen LogP) is 0.680. The highest BCUT2D eigenvalue weighted by Gasteiger charge is 2.53. The number of piperidine rings is 1. The van der Waals surface area contributed by atoms with Gasteiger partial charge in [0, 0.05) is 37.2 Å². The third-order valence-electron chi connectivity index (χ3n) is 7.14. The van der Waals surface area contributed by atoms with E-state index in [2.05, 4.69) is 10.6 Å². The topological polar surface area (TPSA) is 142 Å². The molecule has 6 amide bonds. The summed E-state index contributed by atoms with van der Waals surface area (Å²) >= 11 is 0. The van der Waals surface area contributed by atoms with Crippen molar-refractivity contribution in [2.24, 2.45) is 17.1 Å². The monoisotopic (exact) mass is 439 g/mol. The van der Waals surface area contributed by atoms with Gasteiger partial charge < -0.3 is 16.0 Å². The number of fused-ring (bicyclic) bond motifs is 1. The lowest BCUT2D eigenvalue weighted by Gasteiger charge is -2.58. The highest BCUT2D eigenvalue weighted by molar-refractivity contribution is 6.25. The van der Waals surface area contributed by atoms with Gasteiger partial charge >= 0.3 is 6.03 Å². The molecule has 1 aromatic rings. The molecule has 10 nitrogen and oxygen atoms in total. The number of likely N-dealkylation sites (tertiary alicyclic amines) is 1. The highest BCUT2D eigenvalue weighted by Crippen LogP contribution is 2.52. The van der Waals surface area contributed by atoms with E-state index in [0.717, 1.165) is 37.3 Å². The molecular weight excluding hydrogens is 414 g/mol. The van der Waals surface area contributed by atoms with Crippen LogP contribution in [0.15, 0.2) is 18.2 Å². The average Bonchev–Trinajstić information content (AvgIpc) is 2.93. The Hall–Kier alpha value is -3.43. The maximum Gasteiger partial charge on any atom is 0.314 e. The van der Waals surface area contributed by atoms with Crippen LogP contribution >= 0.6 is 0 Å². The smallest absolute Gasteiger partial charge is 0.314 e. The molecule has 3 fully saturated rings. The minimum Gasteiger partial charge on any atom is -0.384 e. The van der Waals surface area contributed by atoms with Crippen molar-refractivity contribution >= 4 is 35.3 Å². The first-order valence-corrected chi connectivity index (χ1v) is 10.9. The van der Waals surface area contributed by atoms with Gasteiger partial charge in [0.2, 0.25) is 11.8 Å². The van der Waals surface area contributed by atoms with E-state index < -0.39 is 29.7 Å². The minimum absolute atomic E-state index is 0.0923. The van der Waals surface area contributed by atoms with E-state index in [0.29, 0.717) is 18.2 Å². The molecule has 0 aromatic heterocycles. The summed E-state index contributed by atoms with van der Waals surface area (Å²) in [6.45, 7) is 2.13. The van der Waals surface area contributed by atoms with Crippen LogP contribution in [-0.4, -0.2) is 65.1 Å². The number of carbonyl (C=O) groups is 5. The number of amides is 6. The molecule has 2 saturated heterocycles. The van der Waals surface area contributed by atoms with E-state index in [4.69, 9.17) is 5.73 Å². The number of carbonyl (C=O) groups excluding carboxylic acids is 5. The zero-order valence-corrected chi connectivity index (χ0v) is 17.6. The molecule has 4 aliphatic rings. The Bertz CT molecular complexity index is 1040. The van der Waals surface area contributed by atoms with Crippen LogP contribution in [0.2, 0.25) is 0 Å². The Balaban J connectivity index is 1.20. The van der Waals surface area contributed by atoms with Gasteiger partial charge in [-0.3, -0.25) is 29.4 Å². The predicted molar refractivity (Wildman–Crippen MR) is 113 cm³/mol. The molecule has 32 heavy (non-hydrogen) atoms.